The normalized spacial score (nSPS) is 14.0. The fourth-order valence-corrected chi connectivity index (χ4v) is 3.43. The largest absolute Gasteiger partial charge is 0.493 e. The van der Waals surface area contributed by atoms with Crippen LogP contribution in [0.1, 0.15) is 29.8 Å². The highest BCUT2D eigenvalue weighted by Gasteiger charge is 2.30. The SMILES string of the molecule is CC(C)COc1ccc(C(=O)N2CC(=O)N(CCF)Cc3ccccc32)c(Cl)c1. The maximum atomic E-state index is 13.3. The van der Waals surface area contributed by atoms with Gasteiger partial charge in [-0.25, -0.2) is 4.39 Å². The van der Waals surface area contributed by atoms with Gasteiger partial charge < -0.3 is 9.64 Å². The van der Waals surface area contributed by atoms with E-state index in [0.717, 1.165) is 5.56 Å². The van der Waals surface area contributed by atoms with Gasteiger partial charge in [-0.3, -0.25) is 14.5 Å². The van der Waals surface area contributed by atoms with Gasteiger partial charge in [-0.1, -0.05) is 43.6 Å². The first kappa shape index (κ1) is 21.1. The van der Waals surface area contributed by atoms with Crippen LogP contribution in [0, 0.1) is 5.92 Å². The van der Waals surface area contributed by atoms with E-state index < -0.39 is 6.67 Å². The third-order valence-electron chi connectivity index (χ3n) is 4.64. The first-order valence-electron chi connectivity index (χ1n) is 9.56. The number of anilines is 1. The summed E-state index contributed by atoms with van der Waals surface area (Å²) in [5, 5.41) is 0.256. The summed E-state index contributed by atoms with van der Waals surface area (Å²) in [4.78, 5) is 28.7. The number of nitrogens with zero attached hydrogens (tertiary/aromatic N) is 2. The van der Waals surface area contributed by atoms with Crippen molar-refractivity contribution >= 4 is 29.1 Å². The molecular weight excluding hydrogens is 395 g/mol. The van der Waals surface area contributed by atoms with Crippen molar-refractivity contribution in [3.05, 3.63) is 58.6 Å². The number of alkyl halides is 1. The predicted molar refractivity (Wildman–Crippen MR) is 111 cm³/mol. The number of fused-ring (bicyclic) bond motifs is 1. The number of ether oxygens (including phenoxy) is 1. The van der Waals surface area contributed by atoms with Gasteiger partial charge in [0.05, 0.1) is 17.2 Å². The number of rotatable bonds is 6. The molecule has 29 heavy (non-hydrogen) atoms. The molecule has 0 radical (unpaired) electrons. The van der Waals surface area contributed by atoms with Crippen LogP contribution in [-0.4, -0.2) is 43.1 Å². The number of hydrogen-bond acceptors (Lipinski definition) is 3. The van der Waals surface area contributed by atoms with E-state index in [1.165, 1.54) is 9.80 Å². The molecule has 2 aromatic rings. The monoisotopic (exact) mass is 418 g/mol. The number of para-hydroxylation sites is 1. The van der Waals surface area contributed by atoms with Gasteiger partial charge in [-0.05, 0) is 35.7 Å². The highest BCUT2D eigenvalue weighted by atomic mass is 35.5. The lowest BCUT2D eigenvalue weighted by Gasteiger charge is -2.23. The molecule has 154 valence electrons. The summed E-state index contributed by atoms with van der Waals surface area (Å²) >= 11 is 6.37. The van der Waals surface area contributed by atoms with Crippen molar-refractivity contribution < 1.29 is 18.7 Å². The maximum Gasteiger partial charge on any atom is 0.260 e. The van der Waals surface area contributed by atoms with Crippen molar-refractivity contribution in [3.63, 3.8) is 0 Å². The molecular formula is C22H24ClFN2O3. The molecule has 2 aromatic carbocycles. The fourth-order valence-electron chi connectivity index (χ4n) is 3.18. The molecule has 0 aliphatic carbocycles. The molecule has 1 aliphatic rings. The number of halogens is 2. The van der Waals surface area contributed by atoms with Crippen molar-refractivity contribution in [2.75, 3.05) is 31.3 Å². The van der Waals surface area contributed by atoms with Crippen LogP contribution in [0.5, 0.6) is 5.75 Å². The molecule has 1 aliphatic heterocycles. The maximum absolute atomic E-state index is 13.3. The van der Waals surface area contributed by atoms with Gasteiger partial charge in [0.25, 0.3) is 5.91 Å². The molecule has 7 heteroatoms. The minimum absolute atomic E-state index is 0.00214. The molecule has 1 heterocycles. The van der Waals surface area contributed by atoms with Crippen LogP contribution >= 0.6 is 11.6 Å². The summed E-state index contributed by atoms with van der Waals surface area (Å²) in [7, 11) is 0. The lowest BCUT2D eigenvalue weighted by atomic mass is 10.1. The predicted octanol–water partition coefficient (Wildman–Crippen LogP) is 4.33. The number of amides is 2. The third kappa shape index (κ3) is 4.88. The van der Waals surface area contributed by atoms with Crippen LogP contribution in [0.15, 0.2) is 42.5 Å². The lowest BCUT2D eigenvalue weighted by Crippen LogP contribution is -2.40. The van der Waals surface area contributed by atoms with Gasteiger partial charge in [0.15, 0.2) is 0 Å². The quantitative estimate of drug-likeness (QED) is 0.701. The third-order valence-corrected chi connectivity index (χ3v) is 4.96. The highest BCUT2D eigenvalue weighted by Crippen LogP contribution is 2.30. The first-order valence-corrected chi connectivity index (χ1v) is 9.94. The van der Waals surface area contributed by atoms with Crippen LogP contribution in [-0.2, 0) is 11.3 Å². The molecule has 0 spiro atoms. The first-order chi connectivity index (χ1) is 13.9. The van der Waals surface area contributed by atoms with Crippen molar-refractivity contribution in [3.8, 4) is 5.75 Å². The van der Waals surface area contributed by atoms with Crippen LogP contribution in [0.3, 0.4) is 0 Å². The van der Waals surface area contributed by atoms with Crippen LogP contribution < -0.4 is 9.64 Å². The molecule has 0 saturated carbocycles. The van der Waals surface area contributed by atoms with E-state index >= 15 is 0 Å². The van der Waals surface area contributed by atoms with Crippen LogP contribution in [0.4, 0.5) is 10.1 Å². The van der Waals surface area contributed by atoms with Gasteiger partial charge >= 0.3 is 0 Å². The molecule has 5 nitrogen and oxygen atoms in total. The summed E-state index contributed by atoms with van der Waals surface area (Å²) in [5.74, 6) is 0.261. The topological polar surface area (TPSA) is 49.9 Å². The number of benzene rings is 2. The summed E-state index contributed by atoms with van der Waals surface area (Å²) in [6.07, 6.45) is 0. The van der Waals surface area contributed by atoms with E-state index in [0.29, 0.717) is 24.0 Å². The van der Waals surface area contributed by atoms with Crippen LogP contribution in [0.25, 0.3) is 0 Å². The Labute approximate surface area is 175 Å². The summed E-state index contributed by atoms with van der Waals surface area (Å²) < 4.78 is 18.5. The molecule has 0 bridgehead atoms. The zero-order valence-corrected chi connectivity index (χ0v) is 17.3. The molecule has 0 atom stereocenters. The van der Waals surface area contributed by atoms with E-state index in [9.17, 15) is 14.0 Å². The van der Waals surface area contributed by atoms with E-state index in [1.54, 1.807) is 30.3 Å². The smallest absolute Gasteiger partial charge is 0.260 e. The zero-order valence-electron chi connectivity index (χ0n) is 16.5. The van der Waals surface area contributed by atoms with Crippen LogP contribution in [0.2, 0.25) is 5.02 Å². The Morgan fingerprint density at radius 3 is 2.66 bits per heavy atom. The second-order valence-corrected chi connectivity index (χ2v) is 7.78. The lowest BCUT2D eigenvalue weighted by molar-refractivity contribution is -0.130. The standard InChI is InChI=1S/C22H24ClFN2O3/c1-15(2)14-29-17-7-8-18(19(23)11-17)22(28)26-13-21(27)25(10-9-24)12-16-5-3-4-6-20(16)26/h3-8,11,15H,9-10,12-14H2,1-2H3. The average molecular weight is 419 g/mol. The Morgan fingerprint density at radius 1 is 1.21 bits per heavy atom. The summed E-state index contributed by atoms with van der Waals surface area (Å²) in [6, 6.07) is 12.2. The number of carbonyl (C=O) groups excluding carboxylic acids is 2. The van der Waals surface area contributed by atoms with E-state index in [1.807, 2.05) is 26.0 Å². The summed E-state index contributed by atoms with van der Waals surface area (Å²) in [5.41, 5.74) is 1.70. The minimum atomic E-state index is -0.633. The Kier molecular flexibility index (Phi) is 6.75. The van der Waals surface area contributed by atoms with Crippen molar-refractivity contribution in [1.29, 1.82) is 0 Å². The van der Waals surface area contributed by atoms with E-state index in [4.69, 9.17) is 16.3 Å². The molecule has 3 rings (SSSR count). The minimum Gasteiger partial charge on any atom is -0.493 e. The zero-order chi connectivity index (χ0) is 21.0. The van der Waals surface area contributed by atoms with E-state index in [2.05, 4.69) is 0 Å². The molecule has 0 saturated heterocycles. The molecule has 0 aromatic heterocycles. The van der Waals surface area contributed by atoms with Crippen molar-refractivity contribution in [2.24, 2.45) is 5.92 Å². The second-order valence-electron chi connectivity index (χ2n) is 7.37. The Morgan fingerprint density at radius 2 is 1.97 bits per heavy atom. The number of hydrogen-bond donors (Lipinski definition) is 0. The highest BCUT2D eigenvalue weighted by molar-refractivity contribution is 6.34. The Hall–Kier alpha value is -2.60. The summed E-state index contributed by atoms with van der Waals surface area (Å²) in [6.45, 7) is 4.08. The van der Waals surface area contributed by atoms with Gasteiger partial charge in [0.1, 0.15) is 19.0 Å². The molecule has 2 amide bonds. The molecule has 0 unspecified atom stereocenters. The van der Waals surface area contributed by atoms with Gasteiger partial charge in [0.2, 0.25) is 5.91 Å². The van der Waals surface area contributed by atoms with Gasteiger partial charge in [-0.2, -0.15) is 0 Å². The number of carbonyl (C=O) groups is 2. The van der Waals surface area contributed by atoms with Crippen molar-refractivity contribution in [2.45, 2.75) is 20.4 Å². The molecule has 0 N–H and O–H groups in total. The van der Waals surface area contributed by atoms with Gasteiger partial charge in [0, 0.05) is 18.8 Å². The fraction of sp³-hybridized carbons (Fsp3) is 0.364. The Balaban J connectivity index is 1.91. The van der Waals surface area contributed by atoms with E-state index in [-0.39, 0.29) is 42.0 Å². The van der Waals surface area contributed by atoms with Crippen molar-refractivity contribution in [1.82, 2.24) is 4.90 Å². The average Bonchev–Trinajstić information content (AvgIpc) is 2.83. The Bertz CT molecular complexity index is 903. The van der Waals surface area contributed by atoms with Gasteiger partial charge in [-0.15, -0.1) is 0 Å². The molecule has 0 fully saturated rings. The second kappa shape index (κ2) is 9.27.